The number of hydrogen-bond acceptors (Lipinski definition) is 7. The van der Waals surface area contributed by atoms with Gasteiger partial charge in [-0.3, -0.25) is 14.4 Å². The number of thioether (sulfide) groups is 1. The lowest BCUT2D eigenvalue weighted by atomic mass is 9.47. The van der Waals surface area contributed by atoms with Gasteiger partial charge in [0.25, 0.3) is 0 Å². The molecule has 1 heterocycles. The number of Topliss-reactive ketones (excluding diaryl/α,β-unsaturated/α-hetero) is 1. The molecule has 1 aliphatic heterocycles. The number of anilines is 1. The SMILES string of the molecule is CCO[C@]1(C(C)=O)CC[C@H]2[C@@H]3C=CC4=CC(=O)CC[C@@]4(C)[C@@H]3[C@@H](OC(=O)c3ccc4c(c3)NC(=O)C(C)S4)C[C@@]21C. The number of ketones is 2. The van der Waals surface area contributed by atoms with Gasteiger partial charge in [0.15, 0.2) is 11.6 Å². The second kappa shape index (κ2) is 9.94. The maximum atomic E-state index is 13.8. The van der Waals surface area contributed by atoms with E-state index in [0.29, 0.717) is 43.5 Å². The molecule has 8 heteroatoms. The molecule has 2 saturated carbocycles. The Balaban J connectivity index is 1.40. The predicted octanol–water partition coefficient (Wildman–Crippen LogP) is 5.93. The standard InChI is InChI=1S/C33H39NO6S/c1-6-39-33(19(3)35)14-12-24-23-9-8-21-16-22(36)11-13-31(21,4)28(23)26(17-32(24,33)5)40-30(38)20-7-10-27-25(15-20)34-29(37)18(2)41-27/h7-10,15-16,18,23-24,26,28H,6,11-14,17H2,1-5H3,(H,34,37)/t18?,23-,24-,26-,28-,31+,32-,33-/m0/s1. The molecule has 4 aliphatic carbocycles. The van der Waals surface area contributed by atoms with Crippen molar-refractivity contribution in [3.63, 3.8) is 0 Å². The molecule has 0 spiro atoms. The van der Waals surface area contributed by atoms with Gasteiger partial charge in [-0.15, -0.1) is 11.8 Å². The number of fused-ring (bicyclic) bond motifs is 6. The Labute approximate surface area is 245 Å². The van der Waals surface area contributed by atoms with Crippen molar-refractivity contribution in [2.45, 2.75) is 88.6 Å². The molecule has 1 amide bonds. The molecular formula is C33H39NO6S. The molecule has 41 heavy (non-hydrogen) atoms. The van der Waals surface area contributed by atoms with Crippen molar-refractivity contribution in [3.8, 4) is 0 Å². The molecule has 0 bridgehead atoms. The summed E-state index contributed by atoms with van der Waals surface area (Å²) in [4.78, 5) is 52.8. The van der Waals surface area contributed by atoms with Gasteiger partial charge in [0.1, 0.15) is 11.7 Å². The topological polar surface area (TPSA) is 98.8 Å². The zero-order valence-electron chi connectivity index (χ0n) is 24.5. The first-order valence-electron chi connectivity index (χ1n) is 14.8. The third kappa shape index (κ3) is 4.19. The van der Waals surface area contributed by atoms with Crippen LogP contribution in [0.15, 0.2) is 46.9 Å². The van der Waals surface area contributed by atoms with Gasteiger partial charge < -0.3 is 14.8 Å². The average molecular weight is 578 g/mol. The minimum absolute atomic E-state index is 0.0277. The number of esters is 1. The second-order valence-corrected chi connectivity index (χ2v) is 14.3. The zero-order chi connectivity index (χ0) is 29.3. The number of nitrogens with one attached hydrogen (secondary N) is 1. The molecule has 1 unspecified atom stereocenters. The molecule has 0 aromatic heterocycles. The summed E-state index contributed by atoms with van der Waals surface area (Å²) in [5.41, 5.74) is 0.214. The van der Waals surface area contributed by atoms with Crippen molar-refractivity contribution in [2.24, 2.45) is 28.6 Å². The number of ether oxygens (including phenoxy) is 2. The number of carbonyl (C=O) groups excluding carboxylic acids is 4. The molecule has 218 valence electrons. The fraction of sp³-hybridized carbons (Fsp3) is 0.576. The van der Waals surface area contributed by atoms with E-state index in [2.05, 4.69) is 31.3 Å². The minimum Gasteiger partial charge on any atom is -0.458 e. The van der Waals surface area contributed by atoms with Crippen LogP contribution in [0.1, 0.15) is 77.1 Å². The highest BCUT2D eigenvalue weighted by atomic mass is 32.2. The van der Waals surface area contributed by atoms with Gasteiger partial charge in [0.2, 0.25) is 5.91 Å². The summed E-state index contributed by atoms with van der Waals surface area (Å²) in [5, 5.41) is 2.71. The van der Waals surface area contributed by atoms with Crippen molar-refractivity contribution in [2.75, 3.05) is 11.9 Å². The lowest BCUT2D eigenvalue weighted by Gasteiger charge is -2.59. The highest BCUT2D eigenvalue weighted by Crippen LogP contribution is 2.67. The smallest absolute Gasteiger partial charge is 0.338 e. The number of benzene rings is 1. The summed E-state index contributed by atoms with van der Waals surface area (Å²) < 4.78 is 12.8. The normalized spacial score (nSPS) is 39.0. The van der Waals surface area contributed by atoms with Crippen LogP contribution in [-0.2, 0) is 23.9 Å². The van der Waals surface area contributed by atoms with E-state index in [0.717, 1.165) is 16.9 Å². The molecule has 0 radical (unpaired) electrons. The van der Waals surface area contributed by atoms with Gasteiger partial charge >= 0.3 is 5.97 Å². The van der Waals surface area contributed by atoms with E-state index in [1.165, 1.54) is 11.8 Å². The molecular weight excluding hydrogens is 538 g/mol. The van der Waals surface area contributed by atoms with E-state index >= 15 is 0 Å². The highest BCUT2D eigenvalue weighted by Gasteiger charge is 2.69. The summed E-state index contributed by atoms with van der Waals surface area (Å²) in [6.07, 6.45) is 8.76. The van der Waals surface area contributed by atoms with E-state index in [9.17, 15) is 19.2 Å². The van der Waals surface area contributed by atoms with Crippen molar-refractivity contribution in [1.82, 2.24) is 0 Å². The van der Waals surface area contributed by atoms with Crippen LogP contribution in [-0.4, -0.2) is 47.0 Å². The van der Waals surface area contributed by atoms with Crippen LogP contribution in [0.25, 0.3) is 0 Å². The summed E-state index contributed by atoms with van der Waals surface area (Å²) in [6, 6.07) is 5.31. The summed E-state index contributed by atoms with van der Waals surface area (Å²) >= 11 is 1.47. The largest absolute Gasteiger partial charge is 0.458 e. The van der Waals surface area contributed by atoms with Crippen LogP contribution in [0, 0.1) is 28.6 Å². The Morgan fingerprint density at radius 1 is 1.17 bits per heavy atom. The number of rotatable bonds is 5. The van der Waals surface area contributed by atoms with Crippen LogP contribution >= 0.6 is 11.8 Å². The van der Waals surface area contributed by atoms with E-state index < -0.39 is 23.1 Å². The highest BCUT2D eigenvalue weighted by molar-refractivity contribution is 8.00. The van der Waals surface area contributed by atoms with E-state index in [-0.39, 0.29) is 45.9 Å². The summed E-state index contributed by atoms with van der Waals surface area (Å²) in [5.74, 6) is -0.159. The van der Waals surface area contributed by atoms with Gasteiger partial charge in [-0.25, -0.2) is 4.79 Å². The van der Waals surface area contributed by atoms with Gasteiger partial charge in [0.05, 0.1) is 16.5 Å². The first-order valence-corrected chi connectivity index (χ1v) is 15.7. The van der Waals surface area contributed by atoms with Gasteiger partial charge in [-0.05, 0) is 93.6 Å². The van der Waals surface area contributed by atoms with Crippen LogP contribution in [0.2, 0.25) is 0 Å². The molecule has 7 nitrogen and oxygen atoms in total. The second-order valence-electron chi connectivity index (χ2n) is 12.9. The van der Waals surface area contributed by atoms with Crippen molar-refractivity contribution >= 4 is 40.9 Å². The average Bonchev–Trinajstić information content (AvgIpc) is 3.22. The van der Waals surface area contributed by atoms with Gasteiger partial charge in [-0.2, -0.15) is 0 Å². The van der Waals surface area contributed by atoms with E-state index in [4.69, 9.17) is 9.47 Å². The predicted molar refractivity (Wildman–Crippen MR) is 157 cm³/mol. The maximum Gasteiger partial charge on any atom is 0.338 e. The van der Waals surface area contributed by atoms with Gasteiger partial charge in [-0.1, -0.05) is 26.0 Å². The molecule has 8 atom stereocenters. The van der Waals surface area contributed by atoms with Gasteiger partial charge in [0, 0.05) is 29.3 Å². The Hall–Kier alpha value is -2.71. The van der Waals surface area contributed by atoms with Crippen molar-refractivity contribution < 1.29 is 28.7 Å². The first-order chi connectivity index (χ1) is 19.4. The Morgan fingerprint density at radius 3 is 2.68 bits per heavy atom. The van der Waals surface area contributed by atoms with E-state index in [1.807, 2.05) is 19.9 Å². The molecule has 2 fully saturated rings. The minimum atomic E-state index is -0.931. The third-order valence-corrected chi connectivity index (χ3v) is 12.1. The number of hydrogen-bond donors (Lipinski definition) is 1. The fourth-order valence-electron chi connectivity index (χ4n) is 8.90. The van der Waals surface area contributed by atoms with Crippen LogP contribution in [0.3, 0.4) is 0 Å². The van der Waals surface area contributed by atoms with Crippen LogP contribution < -0.4 is 5.32 Å². The molecule has 1 aromatic rings. The monoisotopic (exact) mass is 577 g/mol. The van der Waals surface area contributed by atoms with Crippen molar-refractivity contribution in [3.05, 3.63) is 47.6 Å². The maximum absolute atomic E-state index is 13.8. The third-order valence-electron chi connectivity index (χ3n) is 10.9. The summed E-state index contributed by atoms with van der Waals surface area (Å²) in [6.45, 7) is 10.2. The molecule has 0 saturated heterocycles. The fourth-order valence-corrected chi connectivity index (χ4v) is 9.83. The summed E-state index contributed by atoms with van der Waals surface area (Å²) in [7, 11) is 0. The Kier molecular flexibility index (Phi) is 6.89. The molecule has 1 N–H and O–H groups in total. The number of allylic oxidation sites excluding steroid dienone is 4. The van der Waals surface area contributed by atoms with Crippen LogP contribution in [0.5, 0.6) is 0 Å². The Bertz CT molecular complexity index is 1400. The quantitative estimate of drug-likeness (QED) is 0.433. The first kappa shape index (κ1) is 28.4. The molecule has 6 rings (SSSR count). The lowest BCUT2D eigenvalue weighted by Crippen LogP contribution is -2.62. The lowest BCUT2D eigenvalue weighted by molar-refractivity contribution is -0.185. The molecule has 5 aliphatic rings. The number of amides is 1. The zero-order valence-corrected chi connectivity index (χ0v) is 25.3. The molecule has 1 aromatic carbocycles. The Morgan fingerprint density at radius 2 is 1.95 bits per heavy atom. The van der Waals surface area contributed by atoms with Crippen molar-refractivity contribution in [1.29, 1.82) is 0 Å². The number of carbonyl (C=O) groups is 4. The van der Waals surface area contributed by atoms with Crippen LogP contribution in [0.4, 0.5) is 5.69 Å². The van der Waals surface area contributed by atoms with E-state index in [1.54, 1.807) is 25.1 Å².